The number of nitrogens with zero attached hydrogens (tertiary/aromatic N) is 6. The maximum Gasteiger partial charge on any atom is 0.267 e. The smallest absolute Gasteiger partial charge is 0.267 e. The molecule has 0 saturated carbocycles. The highest BCUT2D eigenvalue weighted by molar-refractivity contribution is 5.60. The van der Waals surface area contributed by atoms with E-state index in [0.29, 0.717) is 35.4 Å². The Hall–Kier alpha value is -4.39. The molecule has 192 valence electrons. The molecule has 9 nitrogen and oxygen atoms in total. The van der Waals surface area contributed by atoms with Crippen LogP contribution in [0, 0.1) is 17.2 Å². The number of benzene rings is 2. The Balaban J connectivity index is 1.26. The lowest BCUT2D eigenvalue weighted by Crippen LogP contribution is -2.47. The van der Waals surface area contributed by atoms with Crippen LogP contribution in [0.25, 0.3) is 22.6 Å². The highest BCUT2D eigenvalue weighted by atomic mass is 16.5. The second-order valence-electron chi connectivity index (χ2n) is 9.89. The normalized spacial score (nSPS) is 19.0. The number of likely N-dealkylation sites (tertiary alicyclic amines) is 1. The van der Waals surface area contributed by atoms with Crippen LogP contribution in [0.3, 0.4) is 0 Å². The molecule has 1 aliphatic rings. The minimum absolute atomic E-state index is 0.0830. The molecule has 0 amide bonds. The standard InChI is InChI=1S/C29H29N6O3/c1-35(37)12-10-21(11-13-35)20-38-26-17-31-29(32-18-26)25-7-3-5-23(15-25)19-34-28(36)9-8-27(33-34)24-6-2-4-22(14-24)16-30/h2-9,14-15,17-18,21,37H,10-13,19-20H2,1H3/q+1. The molecule has 2 aromatic carbocycles. The van der Waals surface area contributed by atoms with E-state index in [-0.39, 0.29) is 16.8 Å². The van der Waals surface area contributed by atoms with Crippen LogP contribution < -0.4 is 10.3 Å². The first-order valence-electron chi connectivity index (χ1n) is 12.6. The molecule has 0 atom stereocenters. The van der Waals surface area contributed by atoms with Crippen molar-refractivity contribution < 1.29 is 14.6 Å². The minimum Gasteiger partial charge on any atom is -0.490 e. The highest BCUT2D eigenvalue weighted by Crippen LogP contribution is 2.23. The fraction of sp³-hybridized carbons (Fsp3) is 0.276. The number of hydrogen-bond acceptors (Lipinski definition) is 7. The summed E-state index contributed by atoms with van der Waals surface area (Å²) in [6, 6.07) is 20.1. The molecule has 0 radical (unpaired) electrons. The summed E-state index contributed by atoms with van der Waals surface area (Å²) in [5.74, 6) is 1.59. The lowest BCUT2D eigenvalue weighted by atomic mass is 9.98. The molecule has 1 fully saturated rings. The van der Waals surface area contributed by atoms with Gasteiger partial charge in [-0.2, -0.15) is 15.0 Å². The van der Waals surface area contributed by atoms with Crippen molar-refractivity contribution in [1.29, 1.82) is 5.26 Å². The Labute approximate surface area is 220 Å². The fourth-order valence-corrected chi connectivity index (χ4v) is 4.54. The Morgan fingerprint density at radius 1 is 1.05 bits per heavy atom. The predicted octanol–water partition coefficient (Wildman–Crippen LogP) is 3.91. The molecule has 3 heterocycles. The lowest BCUT2D eigenvalue weighted by Gasteiger charge is -2.33. The summed E-state index contributed by atoms with van der Waals surface area (Å²) >= 11 is 0. The fourth-order valence-electron chi connectivity index (χ4n) is 4.54. The van der Waals surface area contributed by atoms with E-state index in [4.69, 9.17) is 4.74 Å². The van der Waals surface area contributed by atoms with Crippen LogP contribution in [-0.2, 0) is 6.54 Å². The number of quaternary nitrogens is 1. The van der Waals surface area contributed by atoms with Crippen molar-refractivity contribution in [3.63, 3.8) is 0 Å². The van der Waals surface area contributed by atoms with Crippen LogP contribution in [0.1, 0.15) is 24.0 Å². The van der Waals surface area contributed by atoms with Gasteiger partial charge in [0.25, 0.3) is 5.56 Å². The average Bonchev–Trinajstić information content (AvgIpc) is 2.94. The van der Waals surface area contributed by atoms with Gasteiger partial charge in [0, 0.05) is 36.0 Å². The summed E-state index contributed by atoms with van der Waals surface area (Å²) in [7, 11) is 1.83. The number of piperidine rings is 1. The molecule has 0 spiro atoms. The topological polar surface area (TPSA) is 114 Å². The van der Waals surface area contributed by atoms with Crippen LogP contribution in [0.2, 0.25) is 0 Å². The van der Waals surface area contributed by atoms with E-state index in [1.807, 2.05) is 37.4 Å². The summed E-state index contributed by atoms with van der Waals surface area (Å²) in [6.45, 7) is 2.34. The van der Waals surface area contributed by atoms with Crippen molar-refractivity contribution in [3.8, 4) is 34.5 Å². The van der Waals surface area contributed by atoms with Gasteiger partial charge >= 0.3 is 0 Å². The molecule has 0 bridgehead atoms. The van der Waals surface area contributed by atoms with Crippen LogP contribution in [0.15, 0.2) is 77.9 Å². The van der Waals surface area contributed by atoms with Gasteiger partial charge in [-0.1, -0.05) is 30.3 Å². The average molecular weight is 510 g/mol. The third kappa shape index (κ3) is 6.11. The molecule has 5 rings (SSSR count). The van der Waals surface area contributed by atoms with E-state index < -0.39 is 0 Å². The van der Waals surface area contributed by atoms with Gasteiger partial charge in [-0.3, -0.25) is 4.79 Å². The molecule has 4 aromatic rings. The van der Waals surface area contributed by atoms with Gasteiger partial charge < -0.3 is 4.74 Å². The van der Waals surface area contributed by atoms with Crippen molar-refractivity contribution in [2.75, 3.05) is 26.7 Å². The van der Waals surface area contributed by atoms with E-state index in [9.17, 15) is 15.3 Å². The second-order valence-corrected chi connectivity index (χ2v) is 9.89. The Bertz CT molecular complexity index is 1510. The van der Waals surface area contributed by atoms with Crippen LogP contribution in [0.5, 0.6) is 5.75 Å². The van der Waals surface area contributed by atoms with Crippen molar-refractivity contribution >= 4 is 0 Å². The second kappa shape index (κ2) is 10.9. The predicted molar refractivity (Wildman–Crippen MR) is 141 cm³/mol. The Kier molecular flexibility index (Phi) is 7.26. The van der Waals surface area contributed by atoms with E-state index >= 15 is 0 Å². The number of nitriles is 1. The molecule has 0 unspecified atom stereocenters. The van der Waals surface area contributed by atoms with Gasteiger partial charge in [0.15, 0.2) is 11.6 Å². The maximum atomic E-state index is 12.5. The number of hydroxylamine groups is 3. The largest absolute Gasteiger partial charge is 0.490 e. The van der Waals surface area contributed by atoms with Gasteiger partial charge in [0.1, 0.15) is 13.1 Å². The first-order chi connectivity index (χ1) is 18.4. The third-order valence-electron chi connectivity index (χ3n) is 6.82. The van der Waals surface area contributed by atoms with Crippen molar-refractivity contribution in [3.05, 3.63) is 94.5 Å². The van der Waals surface area contributed by atoms with Crippen LogP contribution in [-0.4, -0.2) is 56.3 Å². The summed E-state index contributed by atoms with van der Waals surface area (Å²) in [6.07, 6.45) is 5.20. The number of rotatable bonds is 7. The minimum atomic E-state index is -0.214. The SMILES string of the molecule is C[N+]1(O)CCC(COc2cnc(-c3cccc(Cn4nc(-c5cccc(C#N)c5)ccc4=O)c3)nc2)CC1. The third-order valence-corrected chi connectivity index (χ3v) is 6.82. The van der Waals surface area contributed by atoms with Gasteiger partial charge in [0.2, 0.25) is 0 Å². The van der Waals surface area contributed by atoms with Crippen LogP contribution >= 0.6 is 0 Å². The summed E-state index contributed by atoms with van der Waals surface area (Å²) in [5.41, 5.74) is 3.43. The van der Waals surface area contributed by atoms with Gasteiger partial charge in [-0.05, 0) is 29.8 Å². The van der Waals surface area contributed by atoms with Gasteiger partial charge in [-0.25, -0.2) is 19.9 Å². The number of hydrogen-bond donors (Lipinski definition) is 1. The van der Waals surface area contributed by atoms with Gasteiger partial charge in [-0.15, -0.1) is 0 Å². The van der Waals surface area contributed by atoms with E-state index in [1.165, 1.54) is 10.7 Å². The van der Waals surface area contributed by atoms with Crippen molar-refractivity contribution in [2.45, 2.75) is 19.4 Å². The zero-order valence-corrected chi connectivity index (χ0v) is 21.2. The molecule has 1 saturated heterocycles. The summed E-state index contributed by atoms with van der Waals surface area (Å²) in [5, 5.41) is 23.8. The molecule has 9 heteroatoms. The highest BCUT2D eigenvalue weighted by Gasteiger charge is 2.29. The van der Waals surface area contributed by atoms with E-state index in [0.717, 1.165) is 42.6 Å². The van der Waals surface area contributed by atoms with Gasteiger partial charge in [0.05, 0.1) is 49.9 Å². The quantitative estimate of drug-likeness (QED) is 0.376. The summed E-state index contributed by atoms with van der Waals surface area (Å²) < 4.78 is 7.40. The summed E-state index contributed by atoms with van der Waals surface area (Å²) in [4.78, 5) is 21.5. The first-order valence-corrected chi connectivity index (χ1v) is 12.6. The molecular weight excluding hydrogens is 480 g/mol. The lowest BCUT2D eigenvalue weighted by molar-refractivity contribution is -1.09. The monoisotopic (exact) mass is 509 g/mol. The molecule has 1 N–H and O–H groups in total. The zero-order valence-electron chi connectivity index (χ0n) is 21.2. The molecule has 0 aliphatic carbocycles. The maximum absolute atomic E-state index is 12.5. The van der Waals surface area contributed by atoms with E-state index in [2.05, 4.69) is 21.1 Å². The Morgan fingerprint density at radius 3 is 2.55 bits per heavy atom. The number of ether oxygens (including phenoxy) is 1. The number of aromatic nitrogens is 4. The first kappa shape index (κ1) is 25.3. The van der Waals surface area contributed by atoms with Crippen molar-refractivity contribution in [1.82, 2.24) is 19.7 Å². The molecule has 2 aromatic heterocycles. The van der Waals surface area contributed by atoms with Crippen LogP contribution in [0.4, 0.5) is 0 Å². The zero-order chi connectivity index (χ0) is 26.5. The van der Waals surface area contributed by atoms with E-state index in [1.54, 1.807) is 36.7 Å². The van der Waals surface area contributed by atoms with Crippen molar-refractivity contribution in [2.24, 2.45) is 5.92 Å². The molecule has 1 aliphatic heterocycles. The molecular formula is C29H29N6O3+. The molecule has 38 heavy (non-hydrogen) atoms. The Morgan fingerprint density at radius 2 is 1.79 bits per heavy atom.